The van der Waals surface area contributed by atoms with Gasteiger partial charge in [-0.2, -0.15) is 0 Å². The molecular weight excluding hydrogens is 382 g/mol. The molecule has 3 rings (SSSR count). The largest absolute Gasteiger partial charge is 0.378 e. The van der Waals surface area contributed by atoms with Crippen LogP contribution < -0.4 is 11.1 Å². The number of anilines is 1. The van der Waals surface area contributed by atoms with Gasteiger partial charge in [0.1, 0.15) is 0 Å². The zero-order valence-electron chi connectivity index (χ0n) is 15.1. The van der Waals surface area contributed by atoms with Crippen LogP contribution in [0.5, 0.6) is 0 Å². The first-order valence-corrected chi connectivity index (χ1v) is 9.73. The minimum absolute atomic E-state index is 0.144. The molecule has 3 N–H and O–H groups in total. The van der Waals surface area contributed by atoms with Crippen LogP contribution in [0.4, 0.5) is 5.69 Å². The Labute approximate surface area is 167 Å². The topological polar surface area (TPSA) is 85.8 Å². The molecule has 3 aromatic rings. The van der Waals surface area contributed by atoms with Gasteiger partial charge in [0.25, 0.3) is 0 Å². The maximum Gasteiger partial charge on any atom is 0.227 e. The van der Waals surface area contributed by atoms with Crippen LogP contribution in [-0.2, 0) is 11.3 Å². The third kappa shape index (κ3) is 4.81. The summed E-state index contributed by atoms with van der Waals surface area (Å²) in [5.74, 6) is 0.472. The van der Waals surface area contributed by atoms with Crippen molar-refractivity contribution >= 4 is 35.0 Å². The number of hydrogen-bond acceptors (Lipinski definition) is 5. The van der Waals surface area contributed by atoms with Crippen LogP contribution in [-0.4, -0.2) is 26.4 Å². The minimum atomic E-state index is -0.396. The average Bonchev–Trinajstić information content (AvgIpc) is 3.04. The van der Waals surface area contributed by atoms with Crippen molar-refractivity contribution in [2.45, 2.75) is 25.5 Å². The van der Waals surface area contributed by atoms with Crippen molar-refractivity contribution in [1.82, 2.24) is 14.8 Å². The fourth-order valence-corrected chi connectivity index (χ4v) is 3.37. The van der Waals surface area contributed by atoms with Gasteiger partial charge in [0.05, 0.1) is 12.3 Å². The molecule has 0 aliphatic heterocycles. The molecule has 0 fully saturated rings. The van der Waals surface area contributed by atoms with E-state index >= 15 is 0 Å². The zero-order valence-corrected chi connectivity index (χ0v) is 16.6. The molecule has 2 aromatic carbocycles. The van der Waals surface area contributed by atoms with Gasteiger partial charge in [-0.15, -0.1) is 10.2 Å². The number of nitrogens with one attached hydrogen (secondary N) is 1. The van der Waals surface area contributed by atoms with Crippen molar-refractivity contribution in [3.05, 3.63) is 64.4 Å². The molecule has 1 amide bonds. The number of thioether (sulfide) groups is 1. The quantitative estimate of drug-likeness (QED) is 0.589. The van der Waals surface area contributed by atoms with Crippen LogP contribution in [0.15, 0.2) is 47.6 Å². The highest BCUT2D eigenvalue weighted by Gasteiger charge is 2.15. The van der Waals surface area contributed by atoms with Crippen molar-refractivity contribution in [2.24, 2.45) is 5.73 Å². The van der Waals surface area contributed by atoms with Crippen molar-refractivity contribution in [3.63, 3.8) is 0 Å². The maximum atomic E-state index is 11.2. The summed E-state index contributed by atoms with van der Waals surface area (Å²) in [6.07, 6.45) is 0. The summed E-state index contributed by atoms with van der Waals surface area (Å²) in [5, 5.41) is 13.2. The van der Waals surface area contributed by atoms with Crippen molar-refractivity contribution < 1.29 is 4.79 Å². The molecule has 8 heteroatoms. The first-order chi connectivity index (χ1) is 12.9. The summed E-state index contributed by atoms with van der Waals surface area (Å²) in [4.78, 5) is 11.2. The number of carbonyl (C=O) groups excluding carboxylic acids is 1. The monoisotopic (exact) mass is 401 g/mol. The lowest BCUT2D eigenvalue weighted by molar-refractivity contribution is -0.115. The van der Waals surface area contributed by atoms with Crippen LogP contribution in [0.2, 0.25) is 5.02 Å². The molecule has 1 aromatic heterocycles. The Morgan fingerprint density at radius 1 is 1.19 bits per heavy atom. The van der Waals surface area contributed by atoms with E-state index in [1.54, 1.807) is 0 Å². The van der Waals surface area contributed by atoms with Gasteiger partial charge in [0.15, 0.2) is 11.0 Å². The van der Waals surface area contributed by atoms with Gasteiger partial charge in [-0.3, -0.25) is 9.36 Å². The minimum Gasteiger partial charge on any atom is -0.378 e. The maximum absolute atomic E-state index is 11.2. The highest BCUT2D eigenvalue weighted by molar-refractivity contribution is 7.99. The van der Waals surface area contributed by atoms with E-state index in [-0.39, 0.29) is 5.75 Å². The number of benzene rings is 2. The predicted octanol–water partition coefficient (Wildman–Crippen LogP) is 3.73. The molecule has 0 radical (unpaired) electrons. The normalized spacial score (nSPS) is 10.8. The van der Waals surface area contributed by atoms with E-state index in [0.29, 0.717) is 16.7 Å². The Kier molecular flexibility index (Phi) is 6.03. The molecule has 0 saturated carbocycles. The van der Waals surface area contributed by atoms with Crippen LogP contribution in [0, 0.1) is 13.8 Å². The Balaban J connectivity index is 1.88. The van der Waals surface area contributed by atoms with Gasteiger partial charge in [-0.05, 0) is 43.7 Å². The summed E-state index contributed by atoms with van der Waals surface area (Å²) in [7, 11) is 0. The Hall–Kier alpha value is -2.51. The number of nitrogens with zero attached hydrogens (tertiary/aromatic N) is 3. The fourth-order valence-electron chi connectivity index (χ4n) is 2.48. The highest BCUT2D eigenvalue weighted by atomic mass is 35.5. The molecule has 0 spiro atoms. The van der Waals surface area contributed by atoms with Crippen LogP contribution in [0.3, 0.4) is 0 Å². The highest BCUT2D eigenvalue weighted by Crippen LogP contribution is 2.24. The standard InChI is InChI=1S/C19H20ClN5OS/c1-12-3-7-15(8-4-12)25-18(23-24-19(25)27-11-17(21)26)10-22-14-6-5-13(2)16(20)9-14/h3-9,22H,10-11H2,1-2H3,(H2,21,26). The fraction of sp³-hybridized carbons (Fsp3) is 0.211. The van der Waals surface area contributed by atoms with Crippen molar-refractivity contribution in [2.75, 3.05) is 11.1 Å². The van der Waals surface area contributed by atoms with Gasteiger partial charge in [0, 0.05) is 16.4 Å². The predicted molar refractivity (Wildman–Crippen MR) is 110 cm³/mol. The third-order valence-corrected chi connectivity index (χ3v) is 5.32. The molecule has 0 saturated heterocycles. The van der Waals surface area contributed by atoms with Crippen molar-refractivity contribution in [1.29, 1.82) is 0 Å². The SMILES string of the molecule is Cc1ccc(-n2c(CNc3ccc(C)c(Cl)c3)nnc2SCC(N)=O)cc1. The van der Waals surface area contributed by atoms with E-state index in [2.05, 4.69) is 15.5 Å². The number of amides is 1. The number of rotatable bonds is 7. The molecule has 1 heterocycles. The summed E-state index contributed by atoms with van der Waals surface area (Å²) >= 11 is 7.46. The Bertz CT molecular complexity index is 955. The van der Waals surface area contributed by atoms with Gasteiger partial charge in [-0.1, -0.05) is 47.1 Å². The van der Waals surface area contributed by atoms with E-state index < -0.39 is 5.91 Å². The molecule has 27 heavy (non-hydrogen) atoms. The smallest absolute Gasteiger partial charge is 0.227 e. The summed E-state index contributed by atoms with van der Waals surface area (Å²) in [6, 6.07) is 13.9. The summed E-state index contributed by atoms with van der Waals surface area (Å²) < 4.78 is 1.93. The molecule has 0 aliphatic carbocycles. The molecule has 0 aliphatic rings. The second-order valence-corrected chi connectivity index (χ2v) is 7.49. The molecule has 140 valence electrons. The Morgan fingerprint density at radius 2 is 1.93 bits per heavy atom. The number of halogens is 1. The van der Waals surface area contributed by atoms with Gasteiger partial charge < -0.3 is 11.1 Å². The molecule has 0 bridgehead atoms. The van der Waals surface area contributed by atoms with Crippen molar-refractivity contribution in [3.8, 4) is 5.69 Å². The molecular formula is C19H20ClN5OS. The van der Waals surface area contributed by atoms with E-state index in [1.807, 2.05) is 60.9 Å². The van der Waals surface area contributed by atoms with Crippen LogP contribution in [0.1, 0.15) is 17.0 Å². The zero-order chi connectivity index (χ0) is 19.4. The second kappa shape index (κ2) is 8.45. The first kappa shape index (κ1) is 19.3. The van der Waals surface area contributed by atoms with Gasteiger partial charge in [0.2, 0.25) is 5.91 Å². The lowest BCUT2D eigenvalue weighted by atomic mass is 10.2. The van der Waals surface area contributed by atoms with E-state index in [4.69, 9.17) is 17.3 Å². The lowest BCUT2D eigenvalue weighted by Crippen LogP contribution is -2.14. The molecule has 0 unspecified atom stereocenters. The van der Waals surface area contributed by atoms with Gasteiger partial charge in [-0.25, -0.2) is 0 Å². The summed E-state index contributed by atoms with van der Waals surface area (Å²) in [6.45, 7) is 4.45. The lowest BCUT2D eigenvalue weighted by Gasteiger charge is -2.12. The number of aryl methyl sites for hydroxylation is 2. The van der Waals surface area contributed by atoms with Gasteiger partial charge >= 0.3 is 0 Å². The second-order valence-electron chi connectivity index (χ2n) is 6.14. The number of carbonyl (C=O) groups is 1. The van der Waals surface area contributed by atoms with E-state index in [9.17, 15) is 4.79 Å². The number of primary amides is 1. The summed E-state index contributed by atoms with van der Waals surface area (Å²) in [5.41, 5.74) is 9.28. The molecule has 0 atom stereocenters. The average molecular weight is 402 g/mol. The number of hydrogen-bond donors (Lipinski definition) is 2. The Morgan fingerprint density at radius 3 is 2.59 bits per heavy atom. The van der Waals surface area contributed by atoms with Crippen LogP contribution >= 0.6 is 23.4 Å². The molecule has 6 nitrogen and oxygen atoms in total. The van der Waals surface area contributed by atoms with E-state index in [0.717, 1.165) is 28.3 Å². The number of aromatic nitrogens is 3. The first-order valence-electron chi connectivity index (χ1n) is 8.36. The number of nitrogens with two attached hydrogens (primary N) is 1. The van der Waals surface area contributed by atoms with E-state index in [1.165, 1.54) is 11.8 Å². The third-order valence-electron chi connectivity index (χ3n) is 3.96. The van der Waals surface area contributed by atoms with Crippen LogP contribution in [0.25, 0.3) is 5.69 Å².